The van der Waals surface area contributed by atoms with Crippen LogP contribution in [0.15, 0.2) is 18.3 Å². The normalized spacial score (nSPS) is 21.1. The number of carbonyl (C=O) groups excluding carboxylic acids is 1. The van der Waals surface area contributed by atoms with Crippen molar-refractivity contribution >= 4 is 11.8 Å². The smallest absolute Gasteiger partial charge is 0.315 e. The first kappa shape index (κ1) is 15.1. The maximum absolute atomic E-state index is 11.8. The van der Waals surface area contributed by atoms with Crippen molar-refractivity contribution in [2.75, 3.05) is 37.7 Å². The van der Waals surface area contributed by atoms with E-state index in [4.69, 9.17) is 4.74 Å². The van der Waals surface area contributed by atoms with Gasteiger partial charge in [0.15, 0.2) is 0 Å². The van der Waals surface area contributed by atoms with Crippen molar-refractivity contribution in [3.05, 3.63) is 23.9 Å². The van der Waals surface area contributed by atoms with Crippen molar-refractivity contribution in [2.24, 2.45) is 5.92 Å². The van der Waals surface area contributed by atoms with Crippen LogP contribution in [0.5, 0.6) is 0 Å². The molecule has 120 valence electrons. The van der Waals surface area contributed by atoms with Gasteiger partial charge in [-0.05, 0) is 37.0 Å². The summed E-state index contributed by atoms with van der Waals surface area (Å²) in [5.41, 5.74) is 1.08. The molecule has 2 aliphatic heterocycles. The Morgan fingerprint density at radius 2 is 2.23 bits per heavy atom. The molecule has 1 aromatic heterocycles. The number of hydrogen-bond acceptors (Lipinski definition) is 4. The van der Waals surface area contributed by atoms with Gasteiger partial charge < -0.3 is 20.3 Å². The number of nitrogens with zero attached hydrogens (tertiary/aromatic N) is 2. The highest BCUT2D eigenvalue weighted by molar-refractivity contribution is 5.73. The number of amides is 2. The second-order valence-corrected chi connectivity index (χ2v) is 6.01. The van der Waals surface area contributed by atoms with Crippen LogP contribution in [0.1, 0.15) is 24.8 Å². The van der Waals surface area contributed by atoms with Crippen molar-refractivity contribution < 1.29 is 9.53 Å². The number of anilines is 1. The largest absolute Gasteiger partial charge is 0.381 e. The van der Waals surface area contributed by atoms with Crippen LogP contribution in [0.3, 0.4) is 0 Å². The molecule has 2 saturated heterocycles. The van der Waals surface area contributed by atoms with E-state index >= 15 is 0 Å². The zero-order valence-electron chi connectivity index (χ0n) is 12.9. The first-order valence-electron chi connectivity index (χ1n) is 8.10. The monoisotopic (exact) mass is 304 g/mol. The first-order valence-corrected chi connectivity index (χ1v) is 8.10. The molecule has 2 N–H and O–H groups in total. The zero-order valence-corrected chi connectivity index (χ0v) is 12.9. The van der Waals surface area contributed by atoms with Crippen molar-refractivity contribution in [3.8, 4) is 0 Å². The third kappa shape index (κ3) is 4.10. The summed E-state index contributed by atoms with van der Waals surface area (Å²) in [4.78, 5) is 18.5. The van der Waals surface area contributed by atoms with Gasteiger partial charge in [-0.3, -0.25) is 0 Å². The van der Waals surface area contributed by atoms with Crippen molar-refractivity contribution in [3.63, 3.8) is 0 Å². The van der Waals surface area contributed by atoms with Crippen molar-refractivity contribution in [1.82, 2.24) is 15.6 Å². The number of hydrogen-bond donors (Lipinski definition) is 2. The highest BCUT2D eigenvalue weighted by Crippen LogP contribution is 2.18. The van der Waals surface area contributed by atoms with Gasteiger partial charge in [-0.15, -0.1) is 0 Å². The fourth-order valence-corrected chi connectivity index (χ4v) is 2.92. The maximum atomic E-state index is 11.8. The molecule has 2 amide bonds. The highest BCUT2D eigenvalue weighted by Gasteiger charge is 2.16. The lowest BCUT2D eigenvalue weighted by Gasteiger charge is -2.17. The molecular formula is C16H24N4O2. The van der Waals surface area contributed by atoms with Crippen LogP contribution in [0, 0.1) is 5.92 Å². The lowest BCUT2D eigenvalue weighted by atomic mass is 10.1. The summed E-state index contributed by atoms with van der Waals surface area (Å²) in [6, 6.07) is 3.90. The average molecular weight is 304 g/mol. The van der Waals surface area contributed by atoms with Crippen LogP contribution in [0.25, 0.3) is 0 Å². The second-order valence-electron chi connectivity index (χ2n) is 6.01. The standard InChI is InChI=1S/C16H24N4O2/c21-16(19-11-14-4-8-22-12-14)18-10-13-3-5-17-15(9-13)20-6-1-2-7-20/h3,5,9,14H,1-2,4,6-8,10-12H2,(H2,18,19,21)/t14-/m1/s1. The Hall–Kier alpha value is -1.82. The molecule has 0 radical (unpaired) electrons. The predicted octanol–water partition coefficient (Wildman–Crippen LogP) is 1.52. The Morgan fingerprint density at radius 3 is 3.00 bits per heavy atom. The fourth-order valence-electron chi connectivity index (χ4n) is 2.92. The Kier molecular flexibility index (Phi) is 5.11. The van der Waals surface area contributed by atoms with E-state index in [0.717, 1.165) is 44.1 Å². The molecular weight excluding hydrogens is 280 g/mol. The number of carbonyl (C=O) groups is 1. The SMILES string of the molecule is O=C(NCc1ccnc(N2CCCC2)c1)NC[C@H]1CCOC1. The molecule has 3 heterocycles. The Labute approximate surface area is 131 Å². The van der Waals surface area contributed by atoms with E-state index < -0.39 is 0 Å². The second kappa shape index (κ2) is 7.45. The summed E-state index contributed by atoms with van der Waals surface area (Å²) in [6.45, 7) is 4.92. The minimum atomic E-state index is -0.119. The van der Waals surface area contributed by atoms with Gasteiger partial charge in [0.1, 0.15) is 5.82 Å². The minimum Gasteiger partial charge on any atom is -0.381 e. The van der Waals surface area contributed by atoms with E-state index in [1.54, 1.807) is 0 Å². The summed E-state index contributed by atoms with van der Waals surface area (Å²) in [5, 5.41) is 5.81. The van der Waals surface area contributed by atoms with Crippen LogP contribution in [-0.2, 0) is 11.3 Å². The Balaban J connectivity index is 1.44. The van der Waals surface area contributed by atoms with Crippen LogP contribution in [-0.4, -0.2) is 43.9 Å². The molecule has 0 unspecified atom stereocenters. The van der Waals surface area contributed by atoms with E-state index in [9.17, 15) is 4.79 Å². The average Bonchev–Trinajstić information content (AvgIpc) is 3.24. The van der Waals surface area contributed by atoms with E-state index in [1.807, 2.05) is 12.3 Å². The van der Waals surface area contributed by atoms with Gasteiger partial charge in [0.05, 0.1) is 6.61 Å². The molecule has 2 aliphatic rings. The van der Waals surface area contributed by atoms with Gasteiger partial charge in [0.2, 0.25) is 0 Å². The highest BCUT2D eigenvalue weighted by atomic mass is 16.5. The third-order valence-electron chi connectivity index (χ3n) is 4.27. The number of rotatable bonds is 5. The number of nitrogens with one attached hydrogen (secondary N) is 2. The lowest BCUT2D eigenvalue weighted by molar-refractivity contribution is 0.185. The topological polar surface area (TPSA) is 66.5 Å². The van der Waals surface area contributed by atoms with Gasteiger partial charge in [-0.1, -0.05) is 0 Å². The summed E-state index contributed by atoms with van der Waals surface area (Å²) < 4.78 is 5.30. The Bertz CT molecular complexity index is 497. The van der Waals surface area contributed by atoms with Gasteiger partial charge in [0, 0.05) is 44.9 Å². The predicted molar refractivity (Wildman–Crippen MR) is 84.8 cm³/mol. The molecule has 6 heteroatoms. The summed E-state index contributed by atoms with van der Waals surface area (Å²) >= 11 is 0. The Morgan fingerprint density at radius 1 is 1.36 bits per heavy atom. The number of pyridine rings is 1. The van der Waals surface area contributed by atoms with Gasteiger partial charge in [-0.25, -0.2) is 9.78 Å². The van der Waals surface area contributed by atoms with Crippen LogP contribution in [0.2, 0.25) is 0 Å². The first-order chi connectivity index (χ1) is 10.8. The van der Waals surface area contributed by atoms with Gasteiger partial charge >= 0.3 is 6.03 Å². The molecule has 0 bridgehead atoms. The maximum Gasteiger partial charge on any atom is 0.315 e. The van der Waals surface area contributed by atoms with Crippen LogP contribution < -0.4 is 15.5 Å². The molecule has 22 heavy (non-hydrogen) atoms. The molecule has 6 nitrogen and oxygen atoms in total. The van der Waals surface area contributed by atoms with Crippen LogP contribution >= 0.6 is 0 Å². The molecule has 1 aromatic rings. The molecule has 0 aliphatic carbocycles. The van der Waals surface area contributed by atoms with Gasteiger partial charge in [0.25, 0.3) is 0 Å². The number of aromatic nitrogens is 1. The zero-order chi connectivity index (χ0) is 15.2. The van der Waals surface area contributed by atoms with Crippen LogP contribution in [0.4, 0.5) is 10.6 Å². The quantitative estimate of drug-likeness (QED) is 0.865. The lowest BCUT2D eigenvalue weighted by Crippen LogP contribution is -2.38. The summed E-state index contributed by atoms with van der Waals surface area (Å²) in [6.07, 6.45) is 5.32. The van der Waals surface area contributed by atoms with Crippen molar-refractivity contribution in [2.45, 2.75) is 25.8 Å². The minimum absolute atomic E-state index is 0.119. The fraction of sp³-hybridized carbons (Fsp3) is 0.625. The van der Waals surface area contributed by atoms with Gasteiger partial charge in [-0.2, -0.15) is 0 Å². The van der Waals surface area contributed by atoms with E-state index in [0.29, 0.717) is 19.0 Å². The summed E-state index contributed by atoms with van der Waals surface area (Å²) in [7, 11) is 0. The van der Waals surface area contributed by atoms with E-state index in [2.05, 4.69) is 26.6 Å². The molecule has 3 rings (SSSR count). The molecule has 0 aromatic carbocycles. The molecule has 1 atom stereocenters. The van der Waals surface area contributed by atoms with Crippen molar-refractivity contribution in [1.29, 1.82) is 0 Å². The third-order valence-corrected chi connectivity index (χ3v) is 4.27. The van der Waals surface area contributed by atoms with E-state index in [-0.39, 0.29) is 6.03 Å². The van der Waals surface area contributed by atoms with E-state index in [1.165, 1.54) is 12.8 Å². The number of urea groups is 1. The molecule has 2 fully saturated rings. The summed E-state index contributed by atoms with van der Waals surface area (Å²) in [5.74, 6) is 1.47. The number of ether oxygens (including phenoxy) is 1. The molecule has 0 saturated carbocycles. The molecule has 0 spiro atoms.